The van der Waals surface area contributed by atoms with Crippen molar-refractivity contribution < 1.29 is 28.6 Å². The Bertz CT molecular complexity index is 1220. The van der Waals surface area contributed by atoms with Crippen molar-refractivity contribution in [1.82, 2.24) is 4.98 Å². The van der Waals surface area contributed by atoms with E-state index < -0.39 is 5.97 Å². The molecular formula is C25H20N2O6. The third-order valence-electron chi connectivity index (χ3n) is 4.60. The van der Waals surface area contributed by atoms with Gasteiger partial charge in [-0.15, -0.1) is 0 Å². The molecule has 0 radical (unpaired) electrons. The lowest BCUT2D eigenvalue weighted by Crippen LogP contribution is -2.16. The van der Waals surface area contributed by atoms with Gasteiger partial charge < -0.3 is 24.3 Å². The van der Waals surface area contributed by atoms with Crippen molar-refractivity contribution in [2.24, 2.45) is 0 Å². The van der Waals surface area contributed by atoms with Gasteiger partial charge in [0.1, 0.15) is 23.9 Å². The second-order valence-electron chi connectivity index (χ2n) is 7.02. The first kappa shape index (κ1) is 21.6. The standard InChI is InChI=1S/C25H20N2O6/c28-23(27-22-6-2-1-5-21(22)25(29)30)14-17-7-12-24(26-15-17)33-19-10-8-18(9-11-19)32-16-20-4-3-13-31-20/h1-13,15H,14,16H2,(H,27,28)(H,29,30). The summed E-state index contributed by atoms with van der Waals surface area (Å²) < 4.78 is 16.6. The Morgan fingerprint density at radius 3 is 2.42 bits per heavy atom. The second kappa shape index (κ2) is 10.1. The van der Waals surface area contributed by atoms with Crippen LogP contribution in [-0.2, 0) is 17.8 Å². The van der Waals surface area contributed by atoms with Crippen molar-refractivity contribution in [3.05, 3.63) is 102 Å². The molecule has 0 bridgehead atoms. The van der Waals surface area contributed by atoms with Crippen LogP contribution in [0.2, 0.25) is 0 Å². The van der Waals surface area contributed by atoms with E-state index >= 15 is 0 Å². The van der Waals surface area contributed by atoms with Crippen LogP contribution < -0.4 is 14.8 Å². The third kappa shape index (κ3) is 5.98. The molecule has 0 aliphatic carbocycles. The molecule has 4 rings (SSSR count). The number of hydrogen-bond donors (Lipinski definition) is 2. The van der Waals surface area contributed by atoms with Gasteiger partial charge in [-0.05, 0) is 54.1 Å². The Hall–Kier alpha value is -4.59. The summed E-state index contributed by atoms with van der Waals surface area (Å²) in [6, 6.07) is 20.4. The van der Waals surface area contributed by atoms with E-state index in [-0.39, 0.29) is 23.6 Å². The third-order valence-corrected chi connectivity index (χ3v) is 4.60. The number of carboxylic acids is 1. The number of para-hydroxylation sites is 1. The van der Waals surface area contributed by atoms with E-state index in [0.717, 1.165) is 5.76 Å². The van der Waals surface area contributed by atoms with Crippen molar-refractivity contribution in [2.75, 3.05) is 5.32 Å². The van der Waals surface area contributed by atoms with Crippen molar-refractivity contribution in [2.45, 2.75) is 13.0 Å². The minimum Gasteiger partial charge on any atom is -0.486 e. The highest BCUT2D eigenvalue weighted by Crippen LogP contribution is 2.23. The number of ether oxygens (including phenoxy) is 2. The Kier molecular flexibility index (Phi) is 6.65. The van der Waals surface area contributed by atoms with E-state index in [1.807, 2.05) is 6.07 Å². The molecule has 33 heavy (non-hydrogen) atoms. The summed E-state index contributed by atoms with van der Waals surface area (Å²) in [5, 5.41) is 11.8. The number of carboxylic acid groups (broad SMARTS) is 1. The zero-order chi connectivity index (χ0) is 23.0. The molecular weight excluding hydrogens is 424 g/mol. The monoisotopic (exact) mass is 444 g/mol. The first-order chi connectivity index (χ1) is 16.1. The molecule has 0 aliphatic rings. The smallest absolute Gasteiger partial charge is 0.337 e. The van der Waals surface area contributed by atoms with Crippen LogP contribution in [0.1, 0.15) is 21.7 Å². The first-order valence-electron chi connectivity index (χ1n) is 10.1. The number of carbonyl (C=O) groups is 2. The SMILES string of the molecule is O=C(Cc1ccc(Oc2ccc(OCc3ccco3)cc2)nc1)Nc1ccccc1C(=O)O. The Morgan fingerprint density at radius 2 is 1.73 bits per heavy atom. The first-order valence-corrected chi connectivity index (χ1v) is 10.1. The number of rotatable bonds is 9. The fraction of sp³-hybridized carbons (Fsp3) is 0.0800. The molecule has 0 saturated heterocycles. The molecule has 2 aromatic carbocycles. The number of nitrogens with zero attached hydrogens (tertiary/aromatic N) is 1. The average Bonchev–Trinajstić information content (AvgIpc) is 3.34. The van der Waals surface area contributed by atoms with Crippen LogP contribution in [-0.4, -0.2) is 22.0 Å². The molecule has 0 atom stereocenters. The maximum Gasteiger partial charge on any atom is 0.337 e. The zero-order valence-electron chi connectivity index (χ0n) is 17.4. The summed E-state index contributed by atoms with van der Waals surface area (Å²) in [6.07, 6.45) is 3.18. The largest absolute Gasteiger partial charge is 0.486 e. The second-order valence-corrected chi connectivity index (χ2v) is 7.02. The Morgan fingerprint density at radius 1 is 0.939 bits per heavy atom. The van der Waals surface area contributed by atoms with Gasteiger partial charge in [-0.2, -0.15) is 0 Å². The van der Waals surface area contributed by atoms with Crippen LogP contribution >= 0.6 is 0 Å². The fourth-order valence-corrected chi connectivity index (χ4v) is 3.01. The van der Waals surface area contributed by atoms with Gasteiger partial charge in [0.25, 0.3) is 0 Å². The molecule has 166 valence electrons. The molecule has 4 aromatic rings. The highest BCUT2D eigenvalue weighted by molar-refractivity contribution is 6.00. The lowest BCUT2D eigenvalue weighted by molar-refractivity contribution is -0.115. The normalized spacial score (nSPS) is 10.4. The number of furan rings is 1. The summed E-state index contributed by atoms with van der Waals surface area (Å²) >= 11 is 0. The van der Waals surface area contributed by atoms with Gasteiger partial charge in [0.05, 0.1) is 23.9 Å². The summed E-state index contributed by atoms with van der Waals surface area (Å²) in [4.78, 5) is 27.8. The quantitative estimate of drug-likeness (QED) is 0.377. The number of aromatic carboxylic acids is 1. The summed E-state index contributed by atoms with van der Waals surface area (Å²) in [7, 11) is 0. The maximum absolute atomic E-state index is 12.3. The van der Waals surface area contributed by atoms with Gasteiger partial charge in [-0.25, -0.2) is 9.78 Å². The number of benzene rings is 2. The Balaban J connectivity index is 1.30. The van der Waals surface area contributed by atoms with Crippen LogP contribution in [0.3, 0.4) is 0 Å². The minimum atomic E-state index is -1.11. The highest BCUT2D eigenvalue weighted by Gasteiger charge is 2.12. The topological polar surface area (TPSA) is 111 Å². The lowest BCUT2D eigenvalue weighted by Gasteiger charge is -2.09. The van der Waals surface area contributed by atoms with Crippen molar-refractivity contribution in [3.8, 4) is 17.4 Å². The van der Waals surface area contributed by atoms with E-state index in [9.17, 15) is 14.7 Å². The number of hydrogen-bond acceptors (Lipinski definition) is 6. The van der Waals surface area contributed by atoms with Crippen LogP contribution in [0.5, 0.6) is 17.4 Å². The zero-order valence-corrected chi connectivity index (χ0v) is 17.4. The lowest BCUT2D eigenvalue weighted by atomic mass is 10.1. The molecule has 0 fully saturated rings. The van der Waals surface area contributed by atoms with Gasteiger partial charge in [0.2, 0.25) is 11.8 Å². The van der Waals surface area contributed by atoms with Crippen LogP contribution in [0.4, 0.5) is 5.69 Å². The van der Waals surface area contributed by atoms with E-state index in [1.54, 1.807) is 73.1 Å². The van der Waals surface area contributed by atoms with Crippen molar-refractivity contribution >= 4 is 17.6 Å². The van der Waals surface area contributed by atoms with E-state index in [0.29, 0.717) is 29.5 Å². The number of amides is 1. The molecule has 0 unspecified atom stereocenters. The van der Waals surface area contributed by atoms with Gasteiger partial charge in [-0.3, -0.25) is 4.79 Å². The van der Waals surface area contributed by atoms with Gasteiger partial charge in [0.15, 0.2) is 0 Å². The minimum absolute atomic E-state index is 0.0325. The summed E-state index contributed by atoms with van der Waals surface area (Å²) in [5.41, 5.74) is 0.943. The van der Waals surface area contributed by atoms with Crippen molar-refractivity contribution in [3.63, 3.8) is 0 Å². The van der Waals surface area contributed by atoms with Crippen LogP contribution in [0.25, 0.3) is 0 Å². The molecule has 2 N–H and O–H groups in total. The van der Waals surface area contributed by atoms with E-state index in [4.69, 9.17) is 13.9 Å². The molecule has 0 aliphatic heterocycles. The number of anilines is 1. The number of pyridine rings is 1. The number of carbonyl (C=O) groups excluding carboxylic acids is 1. The predicted octanol–water partition coefficient (Wildman–Crippen LogP) is 4.93. The van der Waals surface area contributed by atoms with Crippen LogP contribution in [0, 0.1) is 0 Å². The molecule has 2 aromatic heterocycles. The molecule has 0 spiro atoms. The van der Waals surface area contributed by atoms with E-state index in [2.05, 4.69) is 10.3 Å². The number of aromatic nitrogens is 1. The summed E-state index contributed by atoms with van der Waals surface area (Å²) in [6.45, 7) is 0.339. The number of nitrogens with one attached hydrogen (secondary N) is 1. The molecule has 1 amide bonds. The van der Waals surface area contributed by atoms with Gasteiger partial charge in [0, 0.05) is 12.3 Å². The van der Waals surface area contributed by atoms with Gasteiger partial charge >= 0.3 is 5.97 Å². The van der Waals surface area contributed by atoms with Crippen molar-refractivity contribution in [1.29, 1.82) is 0 Å². The van der Waals surface area contributed by atoms with E-state index in [1.165, 1.54) is 6.07 Å². The predicted molar refractivity (Wildman–Crippen MR) is 120 cm³/mol. The molecule has 8 nitrogen and oxygen atoms in total. The van der Waals surface area contributed by atoms with Gasteiger partial charge in [-0.1, -0.05) is 18.2 Å². The molecule has 0 saturated carbocycles. The fourth-order valence-electron chi connectivity index (χ4n) is 3.01. The highest BCUT2D eigenvalue weighted by atomic mass is 16.5. The summed E-state index contributed by atoms with van der Waals surface area (Å²) in [5.74, 6) is 0.927. The maximum atomic E-state index is 12.3. The molecule has 2 heterocycles. The van der Waals surface area contributed by atoms with Crippen LogP contribution in [0.15, 0.2) is 89.7 Å². The Labute approximate surface area is 189 Å². The molecule has 8 heteroatoms. The average molecular weight is 444 g/mol.